The number of carboxylic acids is 1. The van der Waals surface area contributed by atoms with E-state index in [-0.39, 0.29) is 45.2 Å². The van der Waals surface area contributed by atoms with E-state index in [1.165, 1.54) is 6.42 Å². The zero-order valence-electron chi connectivity index (χ0n) is 15.3. The van der Waals surface area contributed by atoms with Crippen LogP contribution in [0, 0.1) is 28.1 Å². The molecule has 3 aliphatic rings. The van der Waals surface area contributed by atoms with Gasteiger partial charge in [-0.05, 0) is 55.8 Å². The molecular weight excluding hydrogens is 322 g/mol. The van der Waals surface area contributed by atoms with E-state index in [4.69, 9.17) is 0 Å². The van der Waals surface area contributed by atoms with Gasteiger partial charge in [0.05, 0.1) is 0 Å². The highest BCUT2D eigenvalue weighted by Gasteiger charge is 2.56. The summed E-state index contributed by atoms with van der Waals surface area (Å²) in [7, 11) is 0. The van der Waals surface area contributed by atoms with Gasteiger partial charge in [-0.3, -0.25) is 0 Å². The van der Waals surface area contributed by atoms with Crippen LogP contribution in [0.15, 0.2) is 24.3 Å². The van der Waals surface area contributed by atoms with Crippen molar-refractivity contribution in [1.29, 1.82) is 0 Å². The summed E-state index contributed by atoms with van der Waals surface area (Å²) < 4.78 is 0. The molecule has 3 heteroatoms. The highest BCUT2D eigenvalue weighted by atomic mass is 16.4. The second kappa shape index (κ2) is 8.73. The summed E-state index contributed by atoms with van der Waals surface area (Å²) in [6.07, 6.45) is 11.8. The number of hydrogen-bond donors (Lipinski definition) is 1. The van der Waals surface area contributed by atoms with Crippen molar-refractivity contribution in [2.24, 2.45) is 28.1 Å². The third-order valence-electron chi connectivity index (χ3n) is 7.36. The molecule has 2 saturated carbocycles. The maximum absolute atomic E-state index is 11.8. The van der Waals surface area contributed by atoms with Gasteiger partial charge in [-0.2, -0.15) is 0 Å². The smallest absolute Gasteiger partial charge is 0.0476 e. The average molecular weight is 368 g/mol. The van der Waals surface area contributed by atoms with E-state index in [9.17, 15) is 9.90 Å². The summed E-state index contributed by atoms with van der Waals surface area (Å²) in [6, 6.07) is 0. The Kier molecular flexibility index (Phi) is 9.11. The van der Waals surface area contributed by atoms with Crippen LogP contribution >= 0.6 is 0 Å². The fourth-order valence-electron chi connectivity index (χ4n) is 5.93. The molecule has 0 saturated heterocycles. The summed E-state index contributed by atoms with van der Waals surface area (Å²) >= 11 is 0. The Morgan fingerprint density at radius 1 is 1.15 bits per heavy atom. The molecular formula is C23H45NO2. The van der Waals surface area contributed by atoms with Crippen molar-refractivity contribution in [3.63, 3.8) is 0 Å². The van der Waals surface area contributed by atoms with Crippen LogP contribution in [0.1, 0.15) is 88.0 Å². The molecule has 0 unspecified atom stereocenters. The van der Waals surface area contributed by atoms with Crippen LogP contribution in [0.3, 0.4) is 0 Å². The second-order valence-electron chi connectivity index (χ2n) is 8.68. The van der Waals surface area contributed by atoms with E-state index in [0.29, 0.717) is 5.92 Å². The number of fused-ring (bicyclic) bond motifs is 3. The Balaban J connectivity index is 0. The minimum atomic E-state index is -0.831. The first kappa shape index (κ1) is 27.1. The lowest BCUT2D eigenvalue weighted by atomic mass is 9.45. The highest BCUT2D eigenvalue weighted by Crippen LogP contribution is 2.63. The largest absolute Gasteiger partial charge is 0.550 e. The molecule has 0 radical (unpaired) electrons. The monoisotopic (exact) mass is 367 g/mol. The third kappa shape index (κ3) is 3.78. The standard InChI is InChI=1S/C20H30O2.3CH4.H3N/c1-5-18(2)12-9-15-14(13-18)7-8-16-19(15,3)10-6-11-20(16,4)17(21)22;;;;/h5,13,15-16H,1,6-12H2,2-4H3,(H,21,22);3*1H4;1H3/t15-,16+,18+,19+,20+;;;;/m0..../s1. The minimum absolute atomic E-state index is 0. The second-order valence-corrected chi connectivity index (χ2v) is 8.68. The Hall–Kier alpha value is -1.09. The van der Waals surface area contributed by atoms with Gasteiger partial charge in [-0.25, -0.2) is 0 Å². The van der Waals surface area contributed by atoms with Crippen molar-refractivity contribution >= 4 is 5.97 Å². The molecule has 3 rings (SSSR count). The average Bonchev–Trinajstić information content (AvgIpc) is 2.46. The summed E-state index contributed by atoms with van der Waals surface area (Å²) in [5.74, 6) is -0.0187. The number of hydrogen-bond acceptors (Lipinski definition) is 2. The number of rotatable bonds is 2. The van der Waals surface area contributed by atoms with Crippen molar-refractivity contribution in [1.82, 2.24) is 6.15 Å². The first-order valence-corrected chi connectivity index (χ1v) is 8.82. The molecule has 0 bridgehead atoms. The summed E-state index contributed by atoms with van der Waals surface area (Å²) in [5, 5.41) is 11.8. The predicted molar refractivity (Wildman–Crippen MR) is 113 cm³/mol. The molecule has 26 heavy (non-hydrogen) atoms. The van der Waals surface area contributed by atoms with Crippen LogP contribution in [0.2, 0.25) is 0 Å². The van der Waals surface area contributed by atoms with Crippen LogP contribution in [0.4, 0.5) is 0 Å². The van der Waals surface area contributed by atoms with Gasteiger partial charge in [0.1, 0.15) is 0 Å². The van der Waals surface area contributed by atoms with E-state index in [2.05, 4.69) is 32.6 Å². The zero-order valence-corrected chi connectivity index (χ0v) is 15.3. The van der Waals surface area contributed by atoms with Gasteiger partial charge in [0.15, 0.2) is 0 Å². The van der Waals surface area contributed by atoms with Crippen molar-refractivity contribution < 1.29 is 9.90 Å². The number of carboxylic acid groups (broad SMARTS) is 1. The number of allylic oxidation sites excluding steroid dienone is 3. The van der Waals surface area contributed by atoms with E-state index >= 15 is 0 Å². The van der Waals surface area contributed by atoms with Crippen LogP contribution in [-0.4, -0.2) is 5.97 Å². The zero-order chi connectivity index (χ0) is 16.2. The van der Waals surface area contributed by atoms with Crippen LogP contribution < -0.4 is 11.3 Å². The van der Waals surface area contributed by atoms with E-state index in [0.717, 1.165) is 38.5 Å². The van der Waals surface area contributed by atoms with E-state index < -0.39 is 11.4 Å². The molecule has 0 heterocycles. The quantitative estimate of drug-likeness (QED) is 0.594. The number of aliphatic carboxylic acids is 1. The Labute approximate surface area is 162 Å². The van der Waals surface area contributed by atoms with Crippen LogP contribution in [0.25, 0.3) is 0 Å². The molecule has 0 aromatic rings. The fraction of sp³-hybridized carbons (Fsp3) is 0.783. The highest BCUT2D eigenvalue weighted by molar-refractivity contribution is 5.73. The molecule has 3 nitrogen and oxygen atoms in total. The van der Waals surface area contributed by atoms with Gasteiger partial charge >= 0.3 is 0 Å². The number of quaternary nitrogens is 1. The Morgan fingerprint density at radius 2 is 1.77 bits per heavy atom. The lowest BCUT2D eigenvalue weighted by Crippen LogP contribution is -2.57. The first-order valence-electron chi connectivity index (χ1n) is 8.82. The molecule has 0 aliphatic heterocycles. The minimum Gasteiger partial charge on any atom is -0.550 e. The third-order valence-corrected chi connectivity index (χ3v) is 7.36. The lowest BCUT2D eigenvalue weighted by Gasteiger charge is -2.60. The summed E-state index contributed by atoms with van der Waals surface area (Å²) in [4.78, 5) is 11.8. The fourth-order valence-corrected chi connectivity index (χ4v) is 5.93. The first-order chi connectivity index (χ1) is 10.3. The molecule has 3 aliphatic carbocycles. The topological polar surface area (TPSA) is 76.6 Å². The van der Waals surface area contributed by atoms with Gasteiger partial charge in [0.25, 0.3) is 0 Å². The molecule has 5 atom stereocenters. The van der Waals surface area contributed by atoms with Gasteiger partial charge in [0.2, 0.25) is 0 Å². The predicted octanol–water partition coefficient (Wildman–Crippen LogP) is 6.16. The lowest BCUT2D eigenvalue weighted by molar-refractivity contribution is -0.326. The molecule has 0 spiro atoms. The SMILES string of the molecule is C.C.C.C=C[C@@]1(C)C=C2CC[C@@H]3[C@](C)(CCC[C@@]3(C)C(=O)[O-])[C@H]2CC1.[NH4+]. The maximum Gasteiger partial charge on any atom is 0.0476 e. The maximum atomic E-state index is 11.8. The van der Waals surface area contributed by atoms with Gasteiger partial charge in [-0.15, -0.1) is 6.58 Å². The molecule has 0 aromatic carbocycles. The normalized spacial score (nSPS) is 40.5. The van der Waals surface area contributed by atoms with Gasteiger partial charge in [-0.1, -0.05) is 67.2 Å². The van der Waals surface area contributed by atoms with E-state index in [1.807, 2.05) is 6.92 Å². The molecule has 0 amide bonds. The Bertz CT molecular complexity index is 540. The van der Waals surface area contributed by atoms with Crippen LogP contribution in [-0.2, 0) is 4.79 Å². The van der Waals surface area contributed by atoms with E-state index in [1.54, 1.807) is 5.57 Å². The molecule has 154 valence electrons. The van der Waals surface area contributed by atoms with Crippen molar-refractivity contribution in [3.05, 3.63) is 24.3 Å². The number of carbonyl (C=O) groups excluding carboxylic acids is 1. The molecule has 0 aromatic heterocycles. The molecule has 2 fully saturated rings. The summed E-state index contributed by atoms with van der Waals surface area (Å²) in [6.45, 7) is 10.6. The summed E-state index contributed by atoms with van der Waals surface area (Å²) in [5.41, 5.74) is 1.17. The van der Waals surface area contributed by atoms with Crippen molar-refractivity contribution in [2.45, 2.75) is 88.0 Å². The van der Waals surface area contributed by atoms with Gasteiger partial charge < -0.3 is 16.1 Å². The van der Waals surface area contributed by atoms with Gasteiger partial charge in [0, 0.05) is 16.8 Å². The van der Waals surface area contributed by atoms with Crippen molar-refractivity contribution in [3.8, 4) is 0 Å². The van der Waals surface area contributed by atoms with Crippen LogP contribution in [0.5, 0.6) is 0 Å². The Morgan fingerprint density at radius 3 is 2.31 bits per heavy atom. The van der Waals surface area contributed by atoms with Crippen molar-refractivity contribution in [2.75, 3.05) is 0 Å². The molecule has 4 N–H and O–H groups in total. The number of carbonyl (C=O) groups is 1.